The summed E-state index contributed by atoms with van der Waals surface area (Å²) >= 11 is 5.98. The number of hydrogen-bond acceptors (Lipinski definition) is 5. The molecule has 2 fully saturated rings. The smallest absolute Gasteiger partial charge is 0.262 e. The van der Waals surface area contributed by atoms with Gasteiger partial charge in [0.05, 0.1) is 12.0 Å². The second-order valence-electron chi connectivity index (χ2n) is 8.58. The molecule has 2 atom stereocenters. The Morgan fingerprint density at radius 2 is 2.00 bits per heavy atom. The predicted molar refractivity (Wildman–Crippen MR) is 129 cm³/mol. The van der Waals surface area contributed by atoms with Crippen LogP contribution in [0.3, 0.4) is 0 Å². The summed E-state index contributed by atoms with van der Waals surface area (Å²) in [6.45, 7) is 3.27. The molecule has 4 rings (SSSR count). The van der Waals surface area contributed by atoms with Crippen LogP contribution in [0.25, 0.3) is 0 Å². The van der Waals surface area contributed by atoms with Gasteiger partial charge in [-0.3, -0.25) is 14.4 Å². The number of amides is 3. The third-order valence-corrected chi connectivity index (χ3v) is 6.25. The summed E-state index contributed by atoms with van der Waals surface area (Å²) in [6, 6.07) is 12.2. The van der Waals surface area contributed by atoms with E-state index in [0.29, 0.717) is 35.2 Å². The van der Waals surface area contributed by atoms with Crippen LogP contribution < -0.4 is 20.3 Å². The highest BCUT2D eigenvalue weighted by molar-refractivity contribution is 6.31. The quantitative estimate of drug-likeness (QED) is 0.598. The van der Waals surface area contributed by atoms with Gasteiger partial charge in [0.15, 0.2) is 6.61 Å². The number of rotatable bonds is 8. The van der Waals surface area contributed by atoms with E-state index in [4.69, 9.17) is 21.1 Å². The summed E-state index contributed by atoms with van der Waals surface area (Å²) in [7, 11) is 0. The summed E-state index contributed by atoms with van der Waals surface area (Å²) < 4.78 is 11.1. The summed E-state index contributed by atoms with van der Waals surface area (Å²) in [6.07, 6.45) is 2.22. The molecule has 8 nitrogen and oxygen atoms in total. The Morgan fingerprint density at radius 1 is 1.21 bits per heavy atom. The molecule has 0 bridgehead atoms. The molecule has 0 aromatic heterocycles. The van der Waals surface area contributed by atoms with Crippen molar-refractivity contribution in [2.24, 2.45) is 5.92 Å². The Bertz CT molecular complexity index is 1050. The molecule has 0 aliphatic carbocycles. The minimum atomic E-state index is -0.386. The van der Waals surface area contributed by atoms with Gasteiger partial charge in [0.25, 0.3) is 5.91 Å². The van der Waals surface area contributed by atoms with Crippen molar-refractivity contribution >= 4 is 40.7 Å². The van der Waals surface area contributed by atoms with Gasteiger partial charge in [-0.1, -0.05) is 17.7 Å². The monoisotopic (exact) mass is 485 g/mol. The molecule has 2 aromatic rings. The lowest BCUT2D eigenvalue weighted by Gasteiger charge is -2.18. The minimum Gasteiger partial charge on any atom is -0.484 e. The van der Waals surface area contributed by atoms with E-state index in [0.717, 1.165) is 25.0 Å². The standard InChI is InChI=1S/C25H28ClN3O5/c1-16-4-5-18(26)12-22(16)28-23(30)15-34-20-8-6-19(7-9-20)29-14-17(11-24(29)31)25(32)27-13-21-3-2-10-33-21/h4-9,12,17,21H,2-3,10-11,13-15H2,1H3,(H,27,32)(H,28,30)/t17-,21+/m0/s1. The van der Waals surface area contributed by atoms with E-state index in [1.165, 1.54) is 0 Å². The number of carbonyl (C=O) groups is 3. The van der Waals surface area contributed by atoms with Crippen LogP contribution >= 0.6 is 11.6 Å². The highest BCUT2D eigenvalue weighted by atomic mass is 35.5. The molecule has 2 aliphatic rings. The van der Waals surface area contributed by atoms with Crippen LogP contribution in [0, 0.1) is 12.8 Å². The summed E-state index contributed by atoms with van der Waals surface area (Å²) in [5.74, 6) is -0.404. The number of carbonyl (C=O) groups excluding carboxylic acids is 3. The van der Waals surface area contributed by atoms with Crippen molar-refractivity contribution in [1.82, 2.24) is 5.32 Å². The van der Waals surface area contributed by atoms with Crippen molar-refractivity contribution in [3.63, 3.8) is 0 Å². The minimum absolute atomic E-state index is 0.0706. The van der Waals surface area contributed by atoms with Crippen LogP contribution in [0.1, 0.15) is 24.8 Å². The number of nitrogens with one attached hydrogen (secondary N) is 2. The molecule has 2 aromatic carbocycles. The number of nitrogens with zero attached hydrogens (tertiary/aromatic N) is 1. The fraction of sp³-hybridized carbons (Fsp3) is 0.400. The van der Waals surface area contributed by atoms with E-state index in [1.807, 2.05) is 13.0 Å². The number of hydrogen-bond donors (Lipinski definition) is 2. The fourth-order valence-electron chi connectivity index (χ4n) is 4.08. The normalized spacial score (nSPS) is 19.8. The van der Waals surface area contributed by atoms with Crippen LogP contribution in [-0.2, 0) is 19.1 Å². The van der Waals surface area contributed by atoms with Gasteiger partial charge in [0, 0.05) is 42.5 Å². The van der Waals surface area contributed by atoms with Crippen LogP contribution in [-0.4, -0.2) is 50.1 Å². The second-order valence-corrected chi connectivity index (χ2v) is 9.01. The maximum Gasteiger partial charge on any atom is 0.262 e. The van der Waals surface area contributed by atoms with Crippen LogP contribution in [0.2, 0.25) is 5.02 Å². The summed E-state index contributed by atoms with van der Waals surface area (Å²) in [5.41, 5.74) is 2.22. The number of halogens is 1. The van der Waals surface area contributed by atoms with Gasteiger partial charge < -0.3 is 25.0 Å². The Morgan fingerprint density at radius 3 is 2.74 bits per heavy atom. The average molecular weight is 486 g/mol. The third kappa shape index (κ3) is 6.07. The number of ether oxygens (including phenoxy) is 2. The molecule has 9 heteroatoms. The van der Waals surface area contributed by atoms with E-state index >= 15 is 0 Å². The van der Waals surface area contributed by atoms with Crippen molar-refractivity contribution in [3.8, 4) is 5.75 Å². The van der Waals surface area contributed by atoms with Gasteiger partial charge in [0.1, 0.15) is 5.75 Å². The Labute approximate surface area is 203 Å². The van der Waals surface area contributed by atoms with Gasteiger partial charge in [-0.25, -0.2) is 0 Å². The molecule has 2 N–H and O–H groups in total. The van der Waals surface area contributed by atoms with Crippen LogP contribution in [0.15, 0.2) is 42.5 Å². The van der Waals surface area contributed by atoms with Gasteiger partial charge >= 0.3 is 0 Å². The van der Waals surface area contributed by atoms with Gasteiger partial charge in [-0.2, -0.15) is 0 Å². The first-order chi connectivity index (χ1) is 16.4. The zero-order valence-electron chi connectivity index (χ0n) is 19.0. The first-order valence-corrected chi connectivity index (χ1v) is 11.8. The molecule has 0 radical (unpaired) electrons. The lowest BCUT2D eigenvalue weighted by Crippen LogP contribution is -2.37. The molecular formula is C25H28ClN3O5. The van der Waals surface area contributed by atoms with E-state index in [9.17, 15) is 14.4 Å². The fourth-order valence-corrected chi connectivity index (χ4v) is 4.26. The Balaban J connectivity index is 1.26. The molecule has 0 unspecified atom stereocenters. The molecule has 2 aliphatic heterocycles. The molecule has 0 saturated carbocycles. The largest absolute Gasteiger partial charge is 0.484 e. The number of aryl methyl sites for hydroxylation is 1. The van der Waals surface area contributed by atoms with Crippen molar-refractivity contribution in [2.45, 2.75) is 32.3 Å². The lowest BCUT2D eigenvalue weighted by atomic mass is 10.1. The topological polar surface area (TPSA) is 97.0 Å². The number of benzene rings is 2. The highest BCUT2D eigenvalue weighted by Gasteiger charge is 2.35. The molecule has 34 heavy (non-hydrogen) atoms. The zero-order valence-corrected chi connectivity index (χ0v) is 19.8. The molecular weight excluding hydrogens is 458 g/mol. The van der Waals surface area contributed by atoms with Crippen molar-refractivity contribution in [3.05, 3.63) is 53.1 Å². The molecule has 180 valence electrons. The molecule has 3 amide bonds. The molecule has 0 spiro atoms. The van der Waals surface area contributed by atoms with E-state index in [2.05, 4.69) is 10.6 Å². The average Bonchev–Trinajstić information content (AvgIpc) is 3.49. The van der Waals surface area contributed by atoms with Crippen LogP contribution in [0.5, 0.6) is 5.75 Å². The van der Waals surface area contributed by atoms with E-state index in [-0.39, 0.29) is 42.8 Å². The second kappa shape index (κ2) is 10.9. The Hall–Kier alpha value is -3.10. The summed E-state index contributed by atoms with van der Waals surface area (Å²) in [5, 5.41) is 6.23. The van der Waals surface area contributed by atoms with Crippen molar-refractivity contribution in [1.29, 1.82) is 0 Å². The maximum atomic E-state index is 12.5. The Kier molecular flexibility index (Phi) is 7.70. The van der Waals surface area contributed by atoms with Crippen LogP contribution in [0.4, 0.5) is 11.4 Å². The molecule has 2 heterocycles. The lowest BCUT2D eigenvalue weighted by molar-refractivity contribution is -0.126. The zero-order chi connectivity index (χ0) is 24.1. The van der Waals surface area contributed by atoms with Gasteiger partial charge in [-0.05, 0) is 61.7 Å². The first kappa shape index (κ1) is 24.0. The third-order valence-electron chi connectivity index (χ3n) is 6.02. The maximum absolute atomic E-state index is 12.5. The summed E-state index contributed by atoms with van der Waals surface area (Å²) in [4.78, 5) is 38.8. The molecule has 2 saturated heterocycles. The number of anilines is 2. The van der Waals surface area contributed by atoms with E-state index < -0.39 is 0 Å². The SMILES string of the molecule is Cc1ccc(Cl)cc1NC(=O)COc1ccc(N2C[C@@H](C(=O)NC[C@H]3CCCO3)CC2=O)cc1. The van der Waals surface area contributed by atoms with Gasteiger partial charge in [-0.15, -0.1) is 0 Å². The van der Waals surface area contributed by atoms with Gasteiger partial charge in [0.2, 0.25) is 11.8 Å². The first-order valence-electron chi connectivity index (χ1n) is 11.4. The van der Waals surface area contributed by atoms with Crippen molar-refractivity contribution < 1.29 is 23.9 Å². The highest BCUT2D eigenvalue weighted by Crippen LogP contribution is 2.27. The van der Waals surface area contributed by atoms with E-state index in [1.54, 1.807) is 41.3 Å². The predicted octanol–water partition coefficient (Wildman–Crippen LogP) is 3.31. The van der Waals surface area contributed by atoms with Crippen molar-refractivity contribution in [2.75, 3.05) is 36.5 Å².